The fourth-order valence-corrected chi connectivity index (χ4v) is 2.42. The molecule has 2 nitrogen and oxygen atoms in total. The molecule has 1 heterocycles. The smallest absolute Gasteiger partial charge is 0.0528 e. The zero-order valence-electron chi connectivity index (χ0n) is 8.81. The third-order valence-electron chi connectivity index (χ3n) is 3.62. The third kappa shape index (κ3) is 2.05. The summed E-state index contributed by atoms with van der Waals surface area (Å²) >= 11 is 0. The third-order valence-corrected chi connectivity index (χ3v) is 3.62. The van der Waals surface area contributed by atoms with Gasteiger partial charge < -0.3 is 10.1 Å². The molecule has 1 saturated carbocycles. The Balaban J connectivity index is 1.73. The summed E-state index contributed by atoms with van der Waals surface area (Å²) in [5.74, 6) is 0.788. The van der Waals surface area contributed by atoms with Crippen molar-refractivity contribution in [3.05, 3.63) is 0 Å². The van der Waals surface area contributed by atoms with Gasteiger partial charge in [0.05, 0.1) is 13.2 Å². The summed E-state index contributed by atoms with van der Waals surface area (Å²) < 4.78 is 5.16. The fraction of sp³-hybridized carbons (Fsp3) is 1.00. The number of hydrogen-bond acceptors (Lipinski definition) is 2. The molecule has 1 saturated heterocycles. The molecule has 0 aromatic heterocycles. The first-order valence-corrected chi connectivity index (χ1v) is 5.49. The summed E-state index contributed by atoms with van der Waals surface area (Å²) in [6.07, 6.45) is 4.14. The highest BCUT2D eigenvalue weighted by molar-refractivity contribution is 4.90. The van der Waals surface area contributed by atoms with E-state index in [0.29, 0.717) is 5.41 Å². The van der Waals surface area contributed by atoms with E-state index in [4.69, 9.17) is 4.74 Å². The Labute approximate surface area is 81.0 Å². The second kappa shape index (κ2) is 3.58. The van der Waals surface area contributed by atoms with Gasteiger partial charge in [-0.3, -0.25) is 0 Å². The maximum absolute atomic E-state index is 5.16. The molecule has 2 fully saturated rings. The van der Waals surface area contributed by atoms with Crippen molar-refractivity contribution < 1.29 is 4.74 Å². The molecule has 1 N–H and O–H groups in total. The maximum Gasteiger partial charge on any atom is 0.0528 e. The van der Waals surface area contributed by atoms with Crippen LogP contribution < -0.4 is 5.32 Å². The highest BCUT2D eigenvalue weighted by Gasteiger charge is 2.34. The van der Waals surface area contributed by atoms with Crippen LogP contribution in [0.15, 0.2) is 0 Å². The molecule has 13 heavy (non-hydrogen) atoms. The van der Waals surface area contributed by atoms with E-state index in [9.17, 15) is 0 Å². The van der Waals surface area contributed by atoms with Crippen LogP contribution in [0.25, 0.3) is 0 Å². The Hall–Kier alpha value is -0.0800. The Kier molecular flexibility index (Phi) is 2.61. The lowest BCUT2D eigenvalue weighted by Gasteiger charge is -2.32. The Morgan fingerprint density at radius 2 is 2.15 bits per heavy atom. The Morgan fingerprint density at radius 3 is 2.62 bits per heavy atom. The lowest BCUT2D eigenvalue weighted by atomic mass is 9.87. The van der Waals surface area contributed by atoms with Crippen LogP contribution in [0.2, 0.25) is 0 Å². The zero-order chi connectivity index (χ0) is 9.31. The Morgan fingerprint density at radius 1 is 1.38 bits per heavy atom. The van der Waals surface area contributed by atoms with Crippen LogP contribution in [0.4, 0.5) is 0 Å². The predicted molar refractivity (Wildman–Crippen MR) is 53.7 cm³/mol. The molecule has 1 aliphatic carbocycles. The van der Waals surface area contributed by atoms with E-state index in [1.807, 2.05) is 0 Å². The van der Waals surface area contributed by atoms with Crippen LogP contribution in [0.3, 0.4) is 0 Å². The molecule has 2 aliphatic rings. The van der Waals surface area contributed by atoms with Gasteiger partial charge in [0, 0.05) is 18.5 Å². The van der Waals surface area contributed by atoms with Crippen LogP contribution in [0.5, 0.6) is 0 Å². The van der Waals surface area contributed by atoms with E-state index >= 15 is 0 Å². The molecule has 0 aromatic rings. The highest BCUT2D eigenvalue weighted by atomic mass is 16.5. The van der Waals surface area contributed by atoms with Gasteiger partial charge in [-0.25, -0.2) is 0 Å². The SMILES string of the molecule is CC1(C)CCCC1NCC1COC1. The zero-order valence-corrected chi connectivity index (χ0v) is 8.81. The van der Waals surface area contributed by atoms with Crippen molar-refractivity contribution in [2.75, 3.05) is 19.8 Å². The maximum atomic E-state index is 5.16. The molecule has 1 atom stereocenters. The first kappa shape index (κ1) is 9.47. The van der Waals surface area contributed by atoms with E-state index in [-0.39, 0.29) is 0 Å². The summed E-state index contributed by atoms with van der Waals surface area (Å²) in [5, 5.41) is 3.69. The minimum Gasteiger partial charge on any atom is -0.381 e. The van der Waals surface area contributed by atoms with Crippen LogP contribution in [-0.2, 0) is 4.74 Å². The summed E-state index contributed by atoms with van der Waals surface area (Å²) in [5.41, 5.74) is 0.518. The minimum atomic E-state index is 0.518. The van der Waals surface area contributed by atoms with E-state index in [1.54, 1.807) is 0 Å². The summed E-state index contributed by atoms with van der Waals surface area (Å²) in [6.45, 7) is 7.87. The normalized spacial score (nSPS) is 33.2. The lowest BCUT2D eigenvalue weighted by molar-refractivity contribution is -0.0328. The average Bonchev–Trinajstić information content (AvgIpc) is 2.27. The Bertz CT molecular complexity index is 175. The highest BCUT2D eigenvalue weighted by Crippen LogP contribution is 2.37. The molecule has 0 aromatic carbocycles. The van der Waals surface area contributed by atoms with Gasteiger partial charge in [0.1, 0.15) is 0 Å². The van der Waals surface area contributed by atoms with Crippen molar-refractivity contribution in [1.82, 2.24) is 5.32 Å². The van der Waals surface area contributed by atoms with Gasteiger partial charge in [-0.15, -0.1) is 0 Å². The summed E-state index contributed by atoms with van der Waals surface area (Å²) in [4.78, 5) is 0. The van der Waals surface area contributed by atoms with Gasteiger partial charge in [-0.05, 0) is 18.3 Å². The predicted octanol–water partition coefficient (Wildman–Crippen LogP) is 1.80. The van der Waals surface area contributed by atoms with Crippen LogP contribution in [-0.4, -0.2) is 25.8 Å². The monoisotopic (exact) mass is 183 g/mol. The first-order chi connectivity index (χ1) is 6.18. The van der Waals surface area contributed by atoms with E-state index in [2.05, 4.69) is 19.2 Å². The summed E-state index contributed by atoms with van der Waals surface area (Å²) in [6, 6.07) is 0.744. The van der Waals surface area contributed by atoms with Crippen molar-refractivity contribution in [3.8, 4) is 0 Å². The molecule has 0 bridgehead atoms. The molecular weight excluding hydrogens is 162 g/mol. The average molecular weight is 183 g/mol. The van der Waals surface area contributed by atoms with E-state index < -0.39 is 0 Å². The second-order valence-electron chi connectivity index (χ2n) is 5.25. The van der Waals surface area contributed by atoms with Crippen molar-refractivity contribution >= 4 is 0 Å². The molecular formula is C11H21NO. The number of ether oxygens (including phenoxy) is 1. The molecule has 2 rings (SSSR count). The molecule has 2 heteroatoms. The van der Waals surface area contributed by atoms with Gasteiger partial charge in [-0.1, -0.05) is 20.3 Å². The van der Waals surface area contributed by atoms with Gasteiger partial charge in [-0.2, -0.15) is 0 Å². The van der Waals surface area contributed by atoms with Crippen molar-refractivity contribution in [3.63, 3.8) is 0 Å². The molecule has 0 amide bonds. The summed E-state index contributed by atoms with van der Waals surface area (Å²) in [7, 11) is 0. The van der Waals surface area contributed by atoms with Crippen LogP contribution in [0, 0.1) is 11.3 Å². The molecule has 1 unspecified atom stereocenters. The van der Waals surface area contributed by atoms with Crippen molar-refractivity contribution in [2.24, 2.45) is 11.3 Å². The first-order valence-electron chi connectivity index (χ1n) is 5.49. The van der Waals surface area contributed by atoms with Crippen LogP contribution in [0.1, 0.15) is 33.1 Å². The number of rotatable bonds is 3. The molecule has 1 aliphatic heterocycles. The molecule has 0 spiro atoms. The second-order valence-corrected chi connectivity index (χ2v) is 5.25. The lowest BCUT2D eigenvalue weighted by Crippen LogP contribution is -2.44. The molecule has 76 valence electrons. The van der Waals surface area contributed by atoms with Gasteiger partial charge in [0.25, 0.3) is 0 Å². The van der Waals surface area contributed by atoms with E-state index in [1.165, 1.54) is 19.3 Å². The quantitative estimate of drug-likeness (QED) is 0.720. The van der Waals surface area contributed by atoms with Gasteiger partial charge in [0.15, 0.2) is 0 Å². The van der Waals surface area contributed by atoms with Crippen molar-refractivity contribution in [1.29, 1.82) is 0 Å². The number of nitrogens with one attached hydrogen (secondary N) is 1. The van der Waals surface area contributed by atoms with Gasteiger partial charge in [0.2, 0.25) is 0 Å². The standard InChI is InChI=1S/C11H21NO/c1-11(2)5-3-4-10(11)12-6-9-7-13-8-9/h9-10,12H,3-8H2,1-2H3. The van der Waals surface area contributed by atoms with E-state index in [0.717, 1.165) is 31.7 Å². The largest absolute Gasteiger partial charge is 0.381 e. The van der Waals surface area contributed by atoms with Crippen LogP contribution >= 0.6 is 0 Å². The topological polar surface area (TPSA) is 21.3 Å². The number of hydrogen-bond donors (Lipinski definition) is 1. The fourth-order valence-electron chi connectivity index (χ4n) is 2.42. The van der Waals surface area contributed by atoms with Crippen molar-refractivity contribution in [2.45, 2.75) is 39.2 Å². The minimum absolute atomic E-state index is 0.518. The molecule has 0 radical (unpaired) electrons. The van der Waals surface area contributed by atoms with Gasteiger partial charge >= 0.3 is 0 Å².